The van der Waals surface area contributed by atoms with Gasteiger partial charge < -0.3 is 4.42 Å². The maximum atomic E-state index is 10.1. The highest BCUT2D eigenvalue weighted by Gasteiger charge is 2.20. The van der Waals surface area contributed by atoms with E-state index >= 15 is 0 Å². The summed E-state index contributed by atoms with van der Waals surface area (Å²) in [7, 11) is 0. The zero-order valence-corrected chi connectivity index (χ0v) is 25.5. The van der Waals surface area contributed by atoms with Gasteiger partial charge in [0.05, 0.1) is 11.6 Å². The Kier molecular flexibility index (Phi) is 6.09. The van der Waals surface area contributed by atoms with Crippen molar-refractivity contribution in [3.63, 3.8) is 0 Å². The zero-order valence-electron chi connectivity index (χ0n) is 24.7. The Morgan fingerprint density at radius 3 is 1.93 bits per heavy atom. The molecule has 0 saturated carbocycles. The van der Waals surface area contributed by atoms with E-state index in [0.717, 1.165) is 60.9 Å². The molecule has 9 rings (SSSR count). The van der Waals surface area contributed by atoms with E-state index in [-0.39, 0.29) is 0 Å². The Hall–Kier alpha value is -5.95. The Bertz CT molecular complexity index is 2670. The summed E-state index contributed by atoms with van der Waals surface area (Å²) in [5, 5.41) is 14.8. The highest BCUT2D eigenvalue weighted by atomic mass is 32.1. The maximum absolute atomic E-state index is 10.1. The predicted octanol–water partition coefficient (Wildman–Crippen LogP) is 12.5. The highest BCUT2D eigenvalue weighted by molar-refractivity contribution is 7.26. The van der Waals surface area contributed by atoms with Crippen molar-refractivity contribution >= 4 is 53.4 Å². The van der Waals surface area contributed by atoms with E-state index in [0.29, 0.717) is 5.56 Å². The number of hydrogen-bond donors (Lipinski definition) is 0. The molecule has 0 radical (unpaired) electrons. The van der Waals surface area contributed by atoms with Gasteiger partial charge in [0.1, 0.15) is 11.2 Å². The lowest BCUT2D eigenvalue weighted by molar-refractivity contribution is 0.669. The van der Waals surface area contributed by atoms with Gasteiger partial charge in [-0.25, -0.2) is 0 Å². The Morgan fingerprint density at radius 2 is 1.07 bits per heavy atom. The first kappa shape index (κ1) is 26.5. The highest BCUT2D eigenvalue weighted by Crippen LogP contribution is 2.46. The van der Waals surface area contributed by atoms with E-state index in [9.17, 15) is 5.26 Å². The summed E-state index contributed by atoms with van der Waals surface area (Å²) < 4.78 is 8.83. The van der Waals surface area contributed by atoms with Crippen LogP contribution in [0.15, 0.2) is 156 Å². The zero-order chi connectivity index (χ0) is 30.6. The van der Waals surface area contributed by atoms with Gasteiger partial charge in [0.15, 0.2) is 0 Å². The minimum Gasteiger partial charge on any atom is -0.456 e. The lowest BCUT2D eigenvalue weighted by Crippen LogP contribution is -1.92. The third-order valence-electron chi connectivity index (χ3n) is 8.98. The van der Waals surface area contributed by atoms with Gasteiger partial charge >= 0.3 is 0 Å². The molecule has 0 fully saturated rings. The van der Waals surface area contributed by atoms with Crippen LogP contribution in [-0.4, -0.2) is 0 Å². The lowest BCUT2D eigenvalue weighted by atomic mass is 9.86. The van der Waals surface area contributed by atoms with Crippen LogP contribution in [0.3, 0.4) is 0 Å². The van der Waals surface area contributed by atoms with E-state index in [2.05, 4.69) is 115 Å². The second-order valence-electron chi connectivity index (χ2n) is 11.5. The second-order valence-corrected chi connectivity index (χ2v) is 12.6. The standard InChI is InChI=1S/C43H25NOS/c44-26-28-11-1-2-12-29(28)31-13-3-4-14-32(31)38-25-27(30-17-10-21-40-42(30)37-16-5-7-20-39(37)45-40)23-24-33(38)35-18-9-19-36-34-15-6-8-22-41(34)46-43(35)36/h1-25H. The summed E-state index contributed by atoms with van der Waals surface area (Å²) in [6.45, 7) is 0. The molecule has 0 atom stereocenters. The molecule has 214 valence electrons. The number of thiophene rings is 1. The predicted molar refractivity (Wildman–Crippen MR) is 193 cm³/mol. The number of rotatable bonds is 4. The number of nitrogens with zero attached hydrogens (tertiary/aromatic N) is 1. The average molecular weight is 604 g/mol. The molecule has 0 unspecified atom stereocenters. The van der Waals surface area contributed by atoms with Crippen LogP contribution in [0.25, 0.3) is 86.6 Å². The maximum Gasteiger partial charge on any atom is 0.136 e. The molecule has 0 aliphatic rings. The van der Waals surface area contributed by atoms with E-state index in [1.165, 1.54) is 25.7 Å². The van der Waals surface area contributed by atoms with Crippen LogP contribution in [0.5, 0.6) is 0 Å². The molecule has 0 saturated heterocycles. The van der Waals surface area contributed by atoms with Crippen molar-refractivity contribution in [3.05, 3.63) is 157 Å². The van der Waals surface area contributed by atoms with Crippen LogP contribution < -0.4 is 0 Å². The third kappa shape index (κ3) is 4.09. The molecule has 0 bridgehead atoms. The summed E-state index contributed by atoms with van der Waals surface area (Å²) in [6, 6.07) is 55.4. The second kappa shape index (κ2) is 10.6. The molecule has 0 aliphatic carbocycles. The summed E-state index contributed by atoms with van der Waals surface area (Å²) in [4.78, 5) is 0. The SMILES string of the molecule is N#Cc1ccccc1-c1ccccc1-c1cc(-c2cccc3oc4ccccc4c23)ccc1-c1cccc2c1sc1ccccc12. The molecule has 0 aliphatic heterocycles. The van der Waals surface area contributed by atoms with Crippen molar-refractivity contribution in [2.45, 2.75) is 0 Å². The van der Waals surface area contributed by atoms with Crippen LogP contribution in [0.4, 0.5) is 0 Å². The molecule has 9 aromatic rings. The largest absolute Gasteiger partial charge is 0.456 e. The van der Waals surface area contributed by atoms with Gasteiger partial charge in [-0.2, -0.15) is 5.26 Å². The number of fused-ring (bicyclic) bond motifs is 6. The average Bonchev–Trinajstić information content (AvgIpc) is 3.70. The molecule has 7 aromatic carbocycles. The van der Waals surface area contributed by atoms with Crippen LogP contribution in [-0.2, 0) is 0 Å². The normalized spacial score (nSPS) is 11.5. The molecule has 2 nitrogen and oxygen atoms in total. The number of benzene rings is 7. The lowest BCUT2D eigenvalue weighted by Gasteiger charge is -2.18. The minimum absolute atomic E-state index is 0.661. The minimum atomic E-state index is 0.661. The summed E-state index contributed by atoms with van der Waals surface area (Å²) in [6.07, 6.45) is 0. The van der Waals surface area contributed by atoms with Crippen molar-refractivity contribution in [2.75, 3.05) is 0 Å². The first-order chi connectivity index (χ1) is 22.8. The van der Waals surface area contributed by atoms with E-state index in [1.54, 1.807) is 0 Å². The molecule has 2 aromatic heterocycles. The summed E-state index contributed by atoms with van der Waals surface area (Å²) >= 11 is 1.84. The van der Waals surface area contributed by atoms with Gasteiger partial charge in [-0.15, -0.1) is 11.3 Å². The monoisotopic (exact) mass is 603 g/mol. The number of nitriles is 1. The molecular formula is C43H25NOS. The number of furan rings is 1. The molecule has 0 spiro atoms. The Balaban J connectivity index is 1.36. The van der Waals surface area contributed by atoms with Crippen LogP contribution in [0.2, 0.25) is 0 Å². The van der Waals surface area contributed by atoms with Crippen LogP contribution in [0.1, 0.15) is 5.56 Å². The molecule has 2 heterocycles. The van der Waals surface area contributed by atoms with Gasteiger partial charge in [0.2, 0.25) is 0 Å². The van der Waals surface area contributed by atoms with Crippen molar-refractivity contribution in [2.24, 2.45) is 0 Å². The van der Waals surface area contributed by atoms with Crippen molar-refractivity contribution < 1.29 is 4.42 Å². The smallest absolute Gasteiger partial charge is 0.136 e. The van der Waals surface area contributed by atoms with Crippen molar-refractivity contribution in [1.82, 2.24) is 0 Å². The van der Waals surface area contributed by atoms with Gasteiger partial charge in [0.25, 0.3) is 0 Å². The fourth-order valence-corrected chi connectivity index (χ4v) is 8.14. The Labute approximate surface area is 270 Å². The first-order valence-electron chi connectivity index (χ1n) is 15.3. The van der Waals surface area contributed by atoms with Gasteiger partial charge in [-0.1, -0.05) is 121 Å². The van der Waals surface area contributed by atoms with Crippen molar-refractivity contribution in [1.29, 1.82) is 5.26 Å². The Morgan fingerprint density at radius 1 is 0.457 bits per heavy atom. The van der Waals surface area contributed by atoms with Gasteiger partial charge in [-0.3, -0.25) is 0 Å². The number of para-hydroxylation sites is 1. The van der Waals surface area contributed by atoms with E-state index in [4.69, 9.17) is 4.42 Å². The molecule has 0 N–H and O–H groups in total. The van der Waals surface area contributed by atoms with Crippen LogP contribution >= 0.6 is 11.3 Å². The molecular weight excluding hydrogens is 579 g/mol. The van der Waals surface area contributed by atoms with Crippen molar-refractivity contribution in [3.8, 4) is 50.6 Å². The van der Waals surface area contributed by atoms with Gasteiger partial charge in [-0.05, 0) is 63.7 Å². The van der Waals surface area contributed by atoms with E-state index in [1.807, 2.05) is 53.8 Å². The molecule has 3 heteroatoms. The van der Waals surface area contributed by atoms with Gasteiger partial charge in [0, 0.05) is 42.1 Å². The topological polar surface area (TPSA) is 36.9 Å². The number of hydrogen-bond acceptors (Lipinski definition) is 3. The first-order valence-corrected chi connectivity index (χ1v) is 16.1. The quantitative estimate of drug-likeness (QED) is 0.201. The third-order valence-corrected chi connectivity index (χ3v) is 10.2. The van der Waals surface area contributed by atoms with Crippen LogP contribution in [0, 0.1) is 11.3 Å². The fraction of sp³-hybridized carbons (Fsp3) is 0. The molecule has 46 heavy (non-hydrogen) atoms. The molecule has 0 amide bonds. The summed E-state index contributed by atoms with van der Waals surface area (Å²) in [5.74, 6) is 0. The fourth-order valence-electron chi connectivity index (χ4n) is 6.91. The van der Waals surface area contributed by atoms with E-state index < -0.39 is 0 Å². The summed E-state index contributed by atoms with van der Waals surface area (Å²) in [5.41, 5.74) is 11.2.